The second kappa shape index (κ2) is 10.5. The van der Waals surface area contributed by atoms with Gasteiger partial charge < -0.3 is 5.32 Å². The minimum Gasteiger partial charge on any atom is -0.368 e. The molecule has 146 valence electrons. The molecule has 0 fully saturated rings. The molecule has 0 bridgehead atoms. The molecule has 5 heteroatoms. The maximum absolute atomic E-state index is 6.30. The van der Waals surface area contributed by atoms with Gasteiger partial charge in [0.1, 0.15) is 5.02 Å². The van der Waals surface area contributed by atoms with Crippen LogP contribution in [0.25, 0.3) is 0 Å². The van der Waals surface area contributed by atoms with Crippen LogP contribution in [0.15, 0.2) is 73.6 Å². The van der Waals surface area contributed by atoms with Crippen LogP contribution in [0.2, 0.25) is 5.02 Å². The van der Waals surface area contributed by atoms with E-state index >= 15 is 0 Å². The van der Waals surface area contributed by atoms with Crippen LogP contribution in [0.5, 0.6) is 0 Å². The van der Waals surface area contributed by atoms with Crippen LogP contribution in [-0.4, -0.2) is 16.5 Å². The number of benzene rings is 1. The van der Waals surface area contributed by atoms with Crippen molar-refractivity contribution in [2.75, 3.05) is 16.8 Å². The number of halogens is 1. The Morgan fingerprint density at radius 3 is 2.71 bits per heavy atom. The Kier molecular flexibility index (Phi) is 8.02. The van der Waals surface area contributed by atoms with E-state index < -0.39 is 0 Å². The van der Waals surface area contributed by atoms with Gasteiger partial charge in [-0.25, -0.2) is 4.98 Å². The third kappa shape index (κ3) is 5.57. The fourth-order valence-electron chi connectivity index (χ4n) is 2.87. The van der Waals surface area contributed by atoms with E-state index in [2.05, 4.69) is 60.5 Å². The van der Waals surface area contributed by atoms with E-state index in [0.29, 0.717) is 23.3 Å². The summed E-state index contributed by atoms with van der Waals surface area (Å²) in [5, 5.41) is 3.78. The molecule has 1 N–H and O–H groups in total. The maximum atomic E-state index is 6.30. The fourth-order valence-corrected chi connectivity index (χ4v) is 3.03. The SMILES string of the molecule is C=C/C=C(\C=C/C)CCNc1nc(N(C=C)c2ccc(C)cc2C)ncc1Cl. The normalized spacial score (nSPS) is 11.5. The van der Waals surface area contributed by atoms with Gasteiger partial charge in [0, 0.05) is 12.7 Å². The molecule has 1 heterocycles. The Morgan fingerprint density at radius 2 is 2.07 bits per heavy atom. The van der Waals surface area contributed by atoms with Crippen LogP contribution in [0.1, 0.15) is 24.5 Å². The minimum absolute atomic E-state index is 0.480. The summed E-state index contributed by atoms with van der Waals surface area (Å²) in [6.45, 7) is 14.5. The average Bonchev–Trinajstić information content (AvgIpc) is 2.66. The Morgan fingerprint density at radius 1 is 1.29 bits per heavy atom. The molecular weight excluding hydrogens is 368 g/mol. The molecule has 0 aliphatic carbocycles. The zero-order valence-corrected chi connectivity index (χ0v) is 17.5. The zero-order valence-electron chi connectivity index (χ0n) is 16.7. The molecule has 1 aromatic carbocycles. The summed E-state index contributed by atoms with van der Waals surface area (Å²) in [7, 11) is 0. The molecular formula is C23H27ClN4. The standard InChI is InChI=1S/C23H27ClN4/c1-6-9-19(10-7-2)13-14-25-22-20(24)16-26-23(27-22)28(8-3)21-12-11-17(4)15-18(21)5/h6-12,15-16H,1,3,13-14H2,2,4-5H3,(H,25,26,27)/b10-7-,19-9+. The zero-order chi connectivity index (χ0) is 20.5. The van der Waals surface area contributed by atoms with Crippen molar-refractivity contribution >= 4 is 29.1 Å². The predicted octanol–water partition coefficient (Wildman–Crippen LogP) is 6.52. The topological polar surface area (TPSA) is 41.1 Å². The van der Waals surface area contributed by atoms with Crippen LogP contribution < -0.4 is 10.2 Å². The third-order valence-corrected chi connectivity index (χ3v) is 4.44. The predicted molar refractivity (Wildman–Crippen MR) is 121 cm³/mol. The molecule has 0 amide bonds. The number of rotatable bonds is 9. The first kappa shape index (κ1) is 21.5. The van der Waals surface area contributed by atoms with Gasteiger partial charge in [-0.3, -0.25) is 4.90 Å². The molecule has 2 aromatic rings. The van der Waals surface area contributed by atoms with Gasteiger partial charge in [0.25, 0.3) is 0 Å². The van der Waals surface area contributed by atoms with Crippen LogP contribution in [0.4, 0.5) is 17.5 Å². The number of nitrogens with zero attached hydrogens (tertiary/aromatic N) is 3. The summed E-state index contributed by atoms with van der Waals surface area (Å²) in [6, 6.07) is 6.22. The first-order valence-electron chi connectivity index (χ1n) is 9.20. The van der Waals surface area contributed by atoms with Crippen molar-refractivity contribution in [2.45, 2.75) is 27.2 Å². The van der Waals surface area contributed by atoms with Crippen molar-refractivity contribution in [3.8, 4) is 0 Å². The van der Waals surface area contributed by atoms with Gasteiger partial charge in [-0.05, 0) is 44.4 Å². The van der Waals surface area contributed by atoms with Gasteiger partial charge in [0.2, 0.25) is 5.95 Å². The van der Waals surface area contributed by atoms with Crippen LogP contribution in [-0.2, 0) is 0 Å². The van der Waals surface area contributed by atoms with Gasteiger partial charge in [0.05, 0.1) is 11.9 Å². The number of aryl methyl sites for hydroxylation is 2. The number of allylic oxidation sites excluding steroid dienone is 4. The van der Waals surface area contributed by atoms with Crippen molar-refractivity contribution in [1.29, 1.82) is 0 Å². The molecule has 28 heavy (non-hydrogen) atoms. The van der Waals surface area contributed by atoms with Crippen molar-refractivity contribution in [3.63, 3.8) is 0 Å². The largest absolute Gasteiger partial charge is 0.368 e. The average molecular weight is 395 g/mol. The molecule has 0 radical (unpaired) electrons. The van der Waals surface area contributed by atoms with Gasteiger partial charge in [0.15, 0.2) is 5.82 Å². The van der Waals surface area contributed by atoms with E-state index in [0.717, 1.165) is 17.7 Å². The summed E-state index contributed by atoms with van der Waals surface area (Å²) >= 11 is 6.30. The van der Waals surface area contributed by atoms with E-state index in [1.807, 2.05) is 30.0 Å². The lowest BCUT2D eigenvalue weighted by Gasteiger charge is -2.21. The van der Waals surface area contributed by atoms with Gasteiger partial charge in [-0.1, -0.05) is 66.8 Å². The summed E-state index contributed by atoms with van der Waals surface area (Å²) < 4.78 is 0. The van der Waals surface area contributed by atoms with Crippen molar-refractivity contribution in [3.05, 3.63) is 89.8 Å². The van der Waals surface area contributed by atoms with Gasteiger partial charge in [-0.2, -0.15) is 4.98 Å². The Balaban J connectivity index is 2.22. The number of nitrogens with one attached hydrogen (secondary N) is 1. The third-order valence-electron chi connectivity index (χ3n) is 4.16. The lowest BCUT2D eigenvalue weighted by molar-refractivity contribution is 0.994. The van der Waals surface area contributed by atoms with Gasteiger partial charge in [-0.15, -0.1) is 0 Å². The second-order valence-electron chi connectivity index (χ2n) is 6.36. The van der Waals surface area contributed by atoms with Crippen LogP contribution in [0, 0.1) is 13.8 Å². The number of aromatic nitrogens is 2. The van der Waals surface area contributed by atoms with Crippen molar-refractivity contribution < 1.29 is 0 Å². The Labute approximate surface area is 173 Å². The van der Waals surface area contributed by atoms with E-state index in [4.69, 9.17) is 11.6 Å². The lowest BCUT2D eigenvalue weighted by atomic mass is 10.1. The summed E-state index contributed by atoms with van der Waals surface area (Å²) in [5.41, 5.74) is 4.49. The molecule has 1 aromatic heterocycles. The molecule has 0 atom stereocenters. The smallest absolute Gasteiger partial charge is 0.236 e. The number of hydrogen-bond acceptors (Lipinski definition) is 4. The van der Waals surface area contributed by atoms with E-state index in [-0.39, 0.29) is 0 Å². The first-order chi connectivity index (χ1) is 13.5. The highest BCUT2D eigenvalue weighted by molar-refractivity contribution is 6.32. The molecule has 2 rings (SSSR count). The van der Waals surface area contributed by atoms with Crippen molar-refractivity contribution in [2.24, 2.45) is 0 Å². The van der Waals surface area contributed by atoms with Crippen LogP contribution >= 0.6 is 11.6 Å². The molecule has 0 aliphatic rings. The molecule has 4 nitrogen and oxygen atoms in total. The Bertz CT molecular complexity index is 899. The highest BCUT2D eigenvalue weighted by Gasteiger charge is 2.14. The monoisotopic (exact) mass is 394 g/mol. The number of hydrogen-bond donors (Lipinski definition) is 1. The number of anilines is 3. The van der Waals surface area contributed by atoms with Crippen LogP contribution in [0.3, 0.4) is 0 Å². The Hall–Kier alpha value is -2.85. The maximum Gasteiger partial charge on any atom is 0.236 e. The summed E-state index contributed by atoms with van der Waals surface area (Å²) in [5.74, 6) is 1.12. The second-order valence-corrected chi connectivity index (χ2v) is 6.77. The highest BCUT2D eigenvalue weighted by atomic mass is 35.5. The minimum atomic E-state index is 0.480. The molecule has 0 saturated heterocycles. The highest BCUT2D eigenvalue weighted by Crippen LogP contribution is 2.29. The quantitative estimate of drug-likeness (QED) is 0.491. The van der Waals surface area contributed by atoms with E-state index in [1.165, 1.54) is 11.1 Å². The van der Waals surface area contributed by atoms with Crippen molar-refractivity contribution in [1.82, 2.24) is 9.97 Å². The van der Waals surface area contributed by atoms with E-state index in [9.17, 15) is 0 Å². The van der Waals surface area contributed by atoms with E-state index in [1.54, 1.807) is 18.5 Å². The molecule has 0 unspecified atom stereocenters. The van der Waals surface area contributed by atoms with Gasteiger partial charge >= 0.3 is 0 Å². The summed E-state index contributed by atoms with van der Waals surface area (Å²) in [4.78, 5) is 10.9. The molecule has 0 saturated carbocycles. The fraction of sp³-hybridized carbons (Fsp3) is 0.217. The lowest BCUT2D eigenvalue weighted by Crippen LogP contribution is -2.14. The first-order valence-corrected chi connectivity index (χ1v) is 9.57. The summed E-state index contributed by atoms with van der Waals surface area (Å²) in [6.07, 6.45) is 12.0. The molecule has 0 aliphatic heterocycles. The molecule has 0 spiro atoms.